The Hall–Kier alpha value is -1.40. The van der Waals surface area contributed by atoms with Gasteiger partial charge in [-0.15, -0.1) is 0 Å². The third-order valence-corrected chi connectivity index (χ3v) is 5.07. The number of hydrogen-bond donors (Lipinski definition) is 0. The molecule has 0 N–H and O–H groups in total. The number of rotatable bonds is 5. The van der Waals surface area contributed by atoms with Crippen LogP contribution in [0.15, 0.2) is 6.07 Å². The number of carbonyl (C=O) groups excluding carboxylic acids is 1. The molecule has 0 radical (unpaired) electrons. The summed E-state index contributed by atoms with van der Waals surface area (Å²) in [5, 5.41) is 4.78. The van der Waals surface area contributed by atoms with Gasteiger partial charge in [-0.1, -0.05) is 0 Å². The zero-order valence-electron chi connectivity index (χ0n) is 16.1. The largest absolute Gasteiger partial charge is 0.383 e. The molecular formula is C19H32N4O2. The summed E-state index contributed by atoms with van der Waals surface area (Å²) < 4.78 is 7.12. The molecule has 2 fully saturated rings. The van der Waals surface area contributed by atoms with E-state index in [4.69, 9.17) is 9.84 Å². The summed E-state index contributed by atoms with van der Waals surface area (Å²) in [4.78, 5) is 17.6. The van der Waals surface area contributed by atoms with E-state index in [-0.39, 0.29) is 11.4 Å². The van der Waals surface area contributed by atoms with Crippen molar-refractivity contribution in [2.24, 2.45) is 0 Å². The highest BCUT2D eigenvalue weighted by Gasteiger charge is 2.33. The fourth-order valence-electron chi connectivity index (χ4n) is 3.42. The zero-order valence-corrected chi connectivity index (χ0v) is 16.1. The molecule has 1 aromatic heterocycles. The summed E-state index contributed by atoms with van der Waals surface area (Å²) in [7, 11) is 1.73. The molecule has 1 saturated heterocycles. The van der Waals surface area contributed by atoms with Crippen LogP contribution >= 0.6 is 0 Å². The van der Waals surface area contributed by atoms with Gasteiger partial charge in [-0.3, -0.25) is 14.4 Å². The number of hydrogen-bond acceptors (Lipinski definition) is 4. The van der Waals surface area contributed by atoms with Crippen molar-refractivity contribution in [1.82, 2.24) is 19.6 Å². The van der Waals surface area contributed by atoms with Gasteiger partial charge in [0.2, 0.25) is 0 Å². The highest BCUT2D eigenvalue weighted by atomic mass is 16.5. The van der Waals surface area contributed by atoms with E-state index in [1.807, 2.05) is 15.6 Å². The van der Waals surface area contributed by atoms with E-state index in [1.54, 1.807) is 7.11 Å². The number of carbonyl (C=O) groups is 1. The molecule has 1 aromatic rings. The number of methoxy groups -OCH3 is 1. The third-order valence-electron chi connectivity index (χ3n) is 5.07. The first-order valence-electron chi connectivity index (χ1n) is 9.51. The average Bonchev–Trinajstić information content (AvgIpc) is 3.34. The maximum Gasteiger partial charge on any atom is 0.272 e. The predicted octanol–water partition coefficient (Wildman–Crippen LogP) is 2.31. The van der Waals surface area contributed by atoms with Gasteiger partial charge in [-0.05, 0) is 52.6 Å². The van der Waals surface area contributed by atoms with Crippen LogP contribution < -0.4 is 0 Å². The van der Waals surface area contributed by atoms with Gasteiger partial charge in [-0.2, -0.15) is 5.10 Å². The molecule has 0 bridgehead atoms. The highest BCUT2D eigenvalue weighted by Crippen LogP contribution is 2.40. The second-order valence-corrected chi connectivity index (χ2v) is 8.29. The SMILES string of the molecule is COCCN1CCCN(C(=O)c2cc(C3CC3)nn2C(C)(C)C)CC1. The van der Waals surface area contributed by atoms with E-state index in [9.17, 15) is 4.79 Å². The zero-order chi connectivity index (χ0) is 18.0. The van der Waals surface area contributed by atoms with Crippen LogP contribution in [-0.2, 0) is 10.3 Å². The van der Waals surface area contributed by atoms with Crippen LogP contribution in [0.5, 0.6) is 0 Å². The summed E-state index contributed by atoms with van der Waals surface area (Å²) >= 11 is 0. The molecule has 1 amide bonds. The summed E-state index contributed by atoms with van der Waals surface area (Å²) in [6.07, 6.45) is 3.41. The fraction of sp³-hybridized carbons (Fsp3) is 0.789. The molecule has 6 nitrogen and oxygen atoms in total. The minimum atomic E-state index is -0.186. The Kier molecular flexibility index (Phi) is 5.49. The van der Waals surface area contributed by atoms with E-state index in [0.29, 0.717) is 5.92 Å². The summed E-state index contributed by atoms with van der Waals surface area (Å²) in [6.45, 7) is 11.5. The van der Waals surface area contributed by atoms with Gasteiger partial charge >= 0.3 is 0 Å². The molecule has 2 heterocycles. The molecule has 0 aromatic carbocycles. The standard InChI is InChI=1S/C19H32N4O2/c1-19(2,3)23-17(14-16(20-23)15-6-7-15)18(24)22-9-5-8-21(10-11-22)12-13-25-4/h14-15H,5-13H2,1-4H3. The maximum absolute atomic E-state index is 13.2. The van der Waals surface area contributed by atoms with Crippen molar-refractivity contribution < 1.29 is 9.53 Å². The number of amides is 1. The summed E-state index contributed by atoms with van der Waals surface area (Å²) in [5.41, 5.74) is 1.66. The summed E-state index contributed by atoms with van der Waals surface area (Å²) in [6, 6.07) is 2.04. The number of aromatic nitrogens is 2. The lowest BCUT2D eigenvalue weighted by Gasteiger charge is -2.26. The van der Waals surface area contributed by atoms with Gasteiger partial charge in [0.1, 0.15) is 5.69 Å². The van der Waals surface area contributed by atoms with E-state index < -0.39 is 0 Å². The Morgan fingerprint density at radius 3 is 2.64 bits per heavy atom. The van der Waals surface area contributed by atoms with E-state index in [1.165, 1.54) is 12.8 Å². The molecule has 0 atom stereocenters. The molecule has 3 rings (SSSR count). The molecular weight excluding hydrogens is 316 g/mol. The van der Waals surface area contributed by atoms with Gasteiger partial charge < -0.3 is 9.64 Å². The van der Waals surface area contributed by atoms with Crippen molar-refractivity contribution >= 4 is 5.91 Å². The van der Waals surface area contributed by atoms with E-state index >= 15 is 0 Å². The fourth-order valence-corrected chi connectivity index (χ4v) is 3.42. The first-order valence-corrected chi connectivity index (χ1v) is 9.51. The molecule has 25 heavy (non-hydrogen) atoms. The van der Waals surface area contributed by atoms with Crippen LogP contribution in [-0.4, -0.2) is 71.9 Å². The molecule has 0 unspecified atom stereocenters. The molecule has 1 aliphatic carbocycles. The van der Waals surface area contributed by atoms with Crippen LogP contribution in [0, 0.1) is 0 Å². The Balaban J connectivity index is 1.74. The summed E-state index contributed by atoms with van der Waals surface area (Å²) in [5.74, 6) is 0.687. The lowest BCUT2D eigenvalue weighted by atomic mass is 10.1. The highest BCUT2D eigenvalue weighted by molar-refractivity contribution is 5.93. The Labute approximate surface area is 151 Å². The second-order valence-electron chi connectivity index (χ2n) is 8.29. The van der Waals surface area contributed by atoms with Crippen molar-refractivity contribution in [3.63, 3.8) is 0 Å². The third kappa shape index (κ3) is 4.42. The monoisotopic (exact) mass is 348 g/mol. The van der Waals surface area contributed by atoms with Gasteiger partial charge in [-0.25, -0.2) is 0 Å². The number of ether oxygens (including phenoxy) is 1. The molecule has 1 saturated carbocycles. The average molecular weight is 348 g/mol. The van der Waals surface area contributed by atoms with Gasteiger partial charge in [0.15, 0.2) is 0 Å². The molecule has 2 aliphatic rings. The molecule has 0 spiro atoms. The van der Waals surface area contributed by atoms with Crippen LogP contribution in [0.3, 0.4) is 0 Å². The van der Waals surface area contributed by atoms with Crippen LogP contribution in [0.1, 0.15) is 62.1 Å². The Morgan fingerprint density at radius 1 is 1.24 bits per heavy atom. The Morgan fingerprint density at radius 2 is 2.00 bits per heavy atom. The van der Waals surface area contributed by atoms with Gasteiger partial charge in [0.05, 0.1) is 17.8 Å². The van der Waals surface area contributed by atoms with Crippen molar-refractivity contribution in [1.29, 1.82) is 0 Å². The van der Waals surface area contributed by atoms with Crippen LogP contribution in [0.2, 0.25) is 0 Å². The first-order chi connectivity index (χ1) is 11.9. The predicted molar refractivity (Wildman–Crippen MR) is 98.0 cm³/mol. The van der Waals surface area contributed by atoms with Crippen molar-refractivity contribution in [2.45, 2.75) is 51.5 Å². The Bertz CT molecular complexity index is 601. The maximum atomic E-state index is 13.2. The molecule has 140 valence electrons. The van der Waals surface area contributed by atoms with E-state index in [0.717, 1.165) is 57.1 Å². The first kappa shape index (κ1) is 18.4. The van der Waals surface area contributed by atoms with Gasteiger partial charge in [0, 0.05) is 39.2 Å². The number of nitrogens with zero attached hydrogens (tertiary/aromatic N) is 4. The molecule has 1 aliphatic heterocycles. The minimum absolute atomic E-state index is 0.128. The van der Waals surface area contributed by atoms with Crippen molar-refractivity contribution in [3.05, 3.63) is 17.5 Å². The van der Waals surface area contributed by atoms with Gasteiger partial charge in [0.25, 0.3) is 5.91 Å². The van der Waals surface area contributed by atoms with Crippen molar-refractivity contribution in [2.75, 3.05) is 46.4 Å². The lowest BCUT2D eigenvalue weighted by molar-refractivity contribution is 0.0738. The van der Waals surface area contributed by atoms with Crippen LogP contribution in [0.25, 0.3) is 0 Å². The van der Waals surface area contributed by atoms with Crippen molar-refractivity contribution in [3.8, 4) is 0 Å². The second kappa shape index (κ2) is 7.46. The van der Waals surface area contributed by atoms with Crippen LogP contribution in [0.4, 0.5) is 0 Å². The quantitative estimate of drug-likeness (QED) is 0.819. The molecule has 6 heteroatoms. The normalized spacial score (nSPS) is 19.9. The smallest absolute Gasteiger partial charge is 0.272 e. The lowest BCUT2D eigenvalue weighted by Crippen LogP contribution is -2.38. The van der Waals surface area contributed by atoms with E-state index in [2.05, 4.69) is 25.7 Å². The topological polar surface area (TPSA) is 50.6 Å². The minimum Gasteiger partial charge on any atom is -0.383 e.